The van der Waals surface area contributed by atoms with Crippen LogP contribution in [0.25, 0.3) is 0 Å². The highest BCUT2D eigenvalue weighted by molar-refractivity contribution is 7.92. The van der Waals surface area contributed by atoms with E-state index in [-0.39, 0.29) is 11.4 Å². The number of rotatable bonds is 5. The number of aliphatic hydroxyl groups excluding tert-OH is 2. The highest BCUT2D eigenvalue weighted by Crippen LogP contribution is 2.31. The van der Waals surface area contributed by atoms with E-state index in [4.69, 9.17) is 0 Å². The number of hydrogen-bond donors (Lipinski definition) is 2. The van der Waals surface area contributed by atoms with Crippen molar-refractivity contribution in [2.45, 2.75) is 44.7 Å². The second-order valence-electron chi connectivity index (χ2n) is 6.64. The second kappa shape index (κ2) is 6.96. The molecule has 1 aromatic carbocycles. The van der Waals surface area contributed by atoms with Crippen LogP contribution in [0.2, 0.25) is 0 Å². The maximum Gasteiger partial charge on any atom is 0.244 e. The van der Waals surface area contributed by atoms with Crippen LogP contribution in [0.15, 0.2) is 11.0 Å². The average Bonchev–Trinajstić information content (AvgIpc) is 2.75. The molecule has 0 spiro atoms. The molecule has 0 saturated carbocycles. The van der Waals surface area contributed by atoms with Crippen molar-refractivity contribution >= 4 is 19.9 Å². The normalized spacial score (nSPS) is 23.3. The molecule has 0 unspecified atom stereocenters. The number of sulfone groups is 1. The summed E-state index contributed by atoms with van der Waals surface area (Å²) in [5.41, 5.74) is 2.79. The molecule has 2 rings (SSSR count). The zero-order valence-electron chi connectivity index (χ0n) is 14.9. The molecule has 7 nitrogen and oxygen atoms in total. The maximum absolute atomic E-state index is 13.3. The Hall–Kier alpha value is -1.00. The molecule has 1 aliphatic rings. The molecule has 2 N–H and O–H groups in total. The second-order valence-corrected chi connectivity index (χ2v) is 10.6. The lowest BCUT2D eigenvalue weighted by Gasteiger charge is -2.30. The quantitative estimate of drug-likeness (QED) is 0.734. The summed E-state index contributed by atoms with van der Waals surface area (Å²) in [6.07, 6.45) is -1.31. The highest BCUT2D eigenvalue weighted by Gasteiger charge is 2.45. The summed E-state index contributed by atoms with van der Waals surface area (Å²) in [6.45, 7) is 6.29. The minimum Gasteiger partial charge on any atom is -0.395 e. The fraction of sp³-hybridized carbons (Fsp3) is 0.625. The van der Waals surface area contributed by atoms with Crippen LogP contribution < -0.4 is 0 Å². The van der Waals surface area contributed by atoms with Gasteiger partial charge in [0.1, 0.15) is 0 Å². The molecular weight excluding hydrogens is 366 g/mol. The number of aliphatic hydroxyl groups is 2. The van der Waals surface area contributed by atoms with Gasteiger partial charge in [-0.2, -0.15) is 4.31 Å². The molecular formula is C16H25NO6S2. The van der Waals surface area contributed by atoms with E-state index in [9.17, 15) is 27.0 Å². The zero-order chi connectivity index (χ0) is 19.2. The van der Waals surface area contributed by atoms with E-state index in [1.165, 1.54) is 0 Å². The van der Waals surface area contributed by atoms with Crippen LogP contribution in [-0.4, -0.2) is 68.2 Å². The van der Waals surface area contributed by atoms with Gasteiger partial charge in [0.15, 0.2) is 9.84 Å². The van der Waals surface area contributed by atoms with Crippen LogP contribution in [0, 0.1) is 27.7 Å². The summed E-state index contributed by atoms with van der Waals surface area (Å²) in [5.74, 6) is -0.920. The van der Waals surface area contributed by atoms with Crippen molar-refractivity contribution < 1.29 is 27.0 Å². The van der Waals surface area contributed by atoms with Crippen molar-refractivity contribution in [3.05, 3.63) is 28.3 Å². The zero-order valence-corrected chi connectivity index (χ0v) is 16.5. The Morgan fingerprint density at radius 2 is 1.64 bits per heavy atom. The van der Waals surface area contributed by atoms with E-state index >= 15 is 0 Å². The topological polar surface area (TPSA) is 112 Å². The molecule has 1 fully saturated rings. The smallest absolute Gasteiger partial charge is 0.244 e. The Kier molecular flexibility index (Phi) is 5.65. The SMILES string of the molecule is Cc1cc(C)c(C)c(S(=O)(=O)N(CCO)[C@H]2CS(=O)(=O)C[C@H]2O)c1C. The van der Waals surface area contributed by atoms with E-state index in [1.807, 2.05) is 19.9 Å². The standard InChI is InChI=1S/C16H25NO6S2/c1-10-7-11(2)13(4)16(12(10)3)25(22,23)17(5-6-18)14-8-24(20,21)9-15(14)19/h7,14-15,18-19H,5-6,8-9H2,1-4H3/t14-,15+/m0/s1. The Bertz CT molecular complexity index is 850. The molecule has 0 aliphatic carbocycles. The van der Waals surface area contributed by atoms with Crippen molar-refractivity contribution in [1.29, 1.82) is 0 Å². The molecule has 1 saturated heterocycles. The monoisotopic (exact) mass is 391 g/mol. The Balaban J connectivity index is 2.63. The number of aryl methyl sites for hydroxylation is 2. The summed E-state index contributed by atoms with van der Waals surface area (Å²) in [5, 5.41) is 19.4. The van der Waals surface area contributed by atoms with Gasteiger partial charge in [-0.3, -0.25) is 0 Å². The molecule has 1 aromatic rings. The minimum atomic E-state index is -4.09. The van der Waals surface area contributed by atoms with Crippen molar-refractivity contribution in [3.63, 3.8) is 0 Å². The Labute approximate surface area is 149 Å². The third-order valence-corrected chi connectivity index (χ3v) is 8.75. The lowest BCUT2D eigenvalue weighted by molar-refractivity contribution is 0.117. The first-order valence-electron chi connectivity index (χ1n) is 8.01. The van der Waals surface area contributed by atoms with Crippen LogP contribution in [0.4, 0.5) is 0 Å². The van der Waals surface area contributed by atoms with Crippen LogP contribution in [0.5, 0.6) is 0 Å². The van der Waals surface area contributed by atoms with Crippen LogP contribution in [-0.2, 0) is 19.9 Å². The highest BCUT2D eigenvalue weighted by atomic mass is 32.2. The Morgan fingerprint density at radius 1 is 1.12 bits per heavy atom. The average molecular weight is 392 g/mol. The van der Waals surface area contributed by atoms with Crippen molar-refractivity contribution in [2.75, 3.05) is 24.7 Å². The lowest BCUT2D eigenvalue weighted by atomic mass is 10.0. The summed E-state index contributed by atoms with van der Waals surface area (Å²) in [4.78, 5) is 0.120. The first-order chi connectivity index (χ1) is 11.4. The Morgan fingerprint density at radius 3 is 2.04 bits per heavy atom. The van der Waals surface area contributed by atoms with Gasteiger partial charge in [-0.15, -0.1) is 0 Å². The molecule has 9 heteroatoms. The van der Waals surface area contributed by atoms with Gasteiger partial charge in [-0.1, -0.05) is 6.07 Å². The molecule has 25 heavy (non-hydrogen) atoms. The fourth-order valence-corrected chi connectivity index (χ4v) is 7.45. The molecule has 0 radical (unpaired) electrons. The van der Waals surface area contributed by atoms with Gasteiger partial charge in [0, 0.05) is 6.54 Å². The van der Waals surface area contributed by atoms with E-state index in [1.54, 1.807) is 13.8 Å². The lowest BCUT2D eigenvalue weighted by Crippen LogP contribution is -2.48. The predicted molar refractivity (Wildman–Crippen MR) is 94.8 cm³/mol. The van der Waals surface area contributed by atoms with E-state index < -0.39 is 50.1 Å². The number of nitrogens with zero attached hydrogens (tertiary/aromatic N) is 1. The third kappa shape index (κ3) is 3.75. The summed E-state index contributed by atoms with van der Waals surface area (Å²) in [6, 6.07) is 0.802. The van der Waals surface area contributed by atoms with Crippen LogP contribution in [0.3, 0.4) is 0 Å². The van der Waals surface area contributed by atoms with Gasteiger partial charge in [-0.25, -0.2) is 16.8 Å². The summed E-state index contributed by atoms with van der Waals surface area (Å²) in [7, 11) is -7.61. The summed E-state index contributed by atoms with van der Waals surface area (Å²) >= 11 is 0. The molecule has 142 valence electrons. The van der Waals surface area contributed by atoms with Gasteiger partial charge in [-0.05, 0) is 49.9 Å². The number of benzene rings is 1. The van der Waals surface area contributed by atoms with Crippen LogP contribution in [0.1, 0.15) is 22.3 Å². The van der Waals surface area contributed by atoms with Gasteiger partial charge < -0.3 is 10.2 Å². The van der Waals surface area contributed by atoms with Gasteiger partial charge in [0.05, 0.1) is 35.2 Å². The predicted octanol–water partition coefficient (Wildman–Crippen LogP) is 0.0612. The number of hydrogen-bond acceptors (Lipinski definition) is 6. The third-order valence-electron chi connectivity index (χ3n) is 4.85. The van der Waals surface area contributed by atoms with Crippen molar-refractivity contribution in [2.24, 2.45) is 0 Å². The molecule has 0 amide bonds. The first kappa shape index (κ1) is 20.3. The van der Waals surface area contributed by atoms with Crippen molar-refractivity contribution in [3.8, 4) is 0 Å². The van der Waals surface area contributed by atoms with Gasteiger partial charge in [0.25, 0.3) is 0 Å². The van der Waals surface area contributed by atoms with Gasteiger partial charge >= 0.3 is 0 Å². The van der Waals surface area contributed by atoms with E-state index in [0.717, 1.165) is 15.4 Å². The molecule has 0 aromatic heterocycles. The molecule has 1 aliphatic heterocycles. The number of sulfonamides is 1. The largest absolute Gasteiger partial charge is 0.395 e. The van der Waals surface area contributed by atoms with E-state index in [2.05, 4.69) is 0 Å². The van der Waals surface area contributed by atoms with E-state index in [0.29, 0.717) is 11.1 Å². The van der Waals surface area contributed by atoms with Crippen molar-refractivity contribution in [1.82, 2.24) is 4.31 Å². The maximum atomic E-state index is 13.3. The minimum absolute atomic E-state index is 0.120. The molecule has 1 heterocycles. The first-order valence-corrected chi connectivity index (χ1v) is 11.3. The molecule has 0 bridgehead atoms. The summed E-state index contributed by atoms with van der Waals surface area (Å²) < 4.78 is 51.2. The van der Waals surface area contributed by atoms with Crippen LogP contribution >= 0.6 is 0 Å². The molecule has 2 atom stereocenters. The fourth-order valence-electron chi connectivity index (χ4n) is 3.33. The van der Waals surface area contributed by atoms with Gasteiger partial charge in [0.2, 0.25) is 10.0 Å².